The highest BCUT2D eigenvalue weighted by atomic mass is 35.5. The number of carboxylic acids is 2. The van der Waals surface area contributed by atoms with Crippen LogP contribution in [0.2, 0.25) is 5.02 Å². The molecule has 0 aliphatic carbocycles. The van der Waals surface area contributed by atoms with Gasteiger partial charge in [0.1, 0.15) is 11.5 Å². The average molecular weight is 484 g/mol. The van der Waals surface area contributed by atoms with E-state index in [4.69, 9.17) is 16.0 Å². The lowest BCUT2D eigenvalue weighted by Crippen LogP contribution is -2.27. The maximum Gasteiger partial charge on any atom is 0.335 e. The molecule has 3 aromatic rings. The fraction of sp³-hybridized carbons (Fsp3) is 0.0435. The van der Waals surface area contributed by atoms with Gasteiger partial charge in [-0.25, -0.2) is 9.59 Å². The molecule has 0 radical (unpaired) electrons. The van der Waals surface area contributed by atoms with Gasteiger partial charge in [0.2, 0.25) is 0 Å². The van der Waals surface area contributed by atoms with E-state index in [1.165, 1.54) is 30.3 Å². The Morgan fingerprint density at radius 1 is 0.970 bits per heavy atom. The minimum absolute atomic E-state index is 0.0997. The first-order chi connectivity index (χ1) is 15.7. The number of amides is 2. The minimum Gasteiger partial charge on any atom is -0.478 e. The van der Waals surface area contributed by atoms with Crippen LogP contribution in [0.1, 0.15) is 32.0 Å². The molecule has 8 nitrogen and oxygen atoms in total. The molecule has 2 N–H and O–H groups in total. The van der Waals surface area contributed by atoms with Gasteiger partial charge in [0.15, 0.2) is 0 Å². The number of hydrogen-bond acceptors (Lipinski definition) is 6. The van der Waals surface area contributed by atoms with Gasteiger partial charge in [0, 0.05) is 16.7 Å². The van der Waals surface area contributed by atoms with Gasteiger partial charge in [-0.2, -0.15) is 0 Å². The largest absolute Gasteiger partial charge is 0.478 e. The highest BCUT2D eigenvalue weighted by molar-refractivity contribution is 8.18. The van der Waals surface area contributed by atoms with E-state index >= 15 is 0 Å². The predicted octanol–water partition coefficient (Wildman–Crippen LogP) is 5.23. The molecule has 0 spiro atoms. The second-order valence-electron chi connectivity index (χ2n) is 7.01. The Morgan fingerprint density at radius 2 is 1.61 bits per heavy atom. The van der Waals surface area contributed by atoms with Gasteiger partial charge in [-0.05, 0) is 59.8 Å². The first-order valence-corrected chi connectivity index (χ1v) is 10.6. The molecule has 166 valence electrons. The van der Waals surface area contributed by atoms with Crippen LogP contribution in [0.15, 0.2) is 63.9 Å². The SMILES string of the molecule is O=C(O)c1cc(C(=O)O)cc(-c2ccc(/C=C3\SC(=O)N(Cc4ccc(Cl)cc4)C3=O)o2)c1. The summed E-state index contributed by atoms with van der Waals surface area (Å²) in [5, 5.41) is 18.6. The molecule has 4 rings (SSSR count). The number of aromatic carboxylic acids is 2. The van der Waals surface area contributed by atoms with Crippen molar-refractivity contribution in [1.82, 2.24) is 4.90 Å². The van der Waals surface area contributed by atoms with Crippen LogP contribution in [0.3, 0.4) is 0 Å². The molecular weight excluding hydrogens is 470 g/mol. The summed E-state index contributed by atoms with van der Waals surface area (Å²) in [5.41, 5.74) is 0.593. The van der Waals surface area contributed by atoms with Crippen LogP contribution in [-0.2, 0) is 11.3 Å². The van der Waals surface area contributed by atoms with E-state index < -0.39 is 23.1 Å². The molecule has 2 aromatic carbocycles. The number of halogens is 1. The first-order valence-electron chi connectivity index (χ1n) is 9.43. The summed E-state index contributed by atoms with van der Waals surface area (Å²) in [7, 11) is 0. The number of thioether (sulfide) groups is 1. The van der Waals surface area contributed by atoms with Gasteiger partial charge in [-0.15, -0.1) is 0 Å². The summed E-state index contributed by atoms with van der Waals surface area (Å²) in [6.07, 6.45) is 1.41. The molecule has 1 fully saturated rings. The monoisotopic (exact) mass is 483 g/mol. The number of nitrogens with zero attached hydrogens (tertiary/aromatic N) is 1. The highest BCUT2D eigenvalue weighted by Gasteiger charge is 2.35. The minimum atomic E-state index is -1.28. The maximum atomic E-state index is 12.7. The highest BCUT2D eigenvalue weighted by Crippen LogP contribution is 2.34. The van der Waals surface area contributed by atoms with Crippen molar-refractivity contribution in [3.63, 3.8) is 0 Å². The quantitative estimate of drug-likeness (QED) is 0.456. The van der Waals surface area contributed by atoms with Crippen LogP contribution in [0.5, 0.6) is 0 Å². The number of imide groups is 1. The summed E-state index contributed by atoms with van der Waals surface area (Å²) < 4.78 is 5.68. The smallest absolute Gasteiger partial charge is 0.335 e. The van der Waals surface area contributed by atoms with Gasteiger partial charge < -0.3 is 14.6 Å². The molecule has 0 unspecified atom stereocenters. The van der Waals surface area contributed by atoms with Gasteiger partial charge in [0.05, 0.1) is 22.6 Å². The van der Waals surface area contributed by atoms with E-state index in [2.05, 4.69) is 0 Å². The maximum absolute atomic E-state index is 12.7. The Morgan fingerprint density at radius 3 is 2.21 bits per heavy atom. The van der Waals surface area contributed by atoms with Gasteiger partial charge in [-0.3, -0.25) is 14.5 Å². The van der Waals surface area contributed by atoms with Crippen molar-refractivity contribution in [2.24, 2.45) is 0 Å². The number of carboxylic acid groups (broad SMARTS) is 2. The zero-order valence-electron chi connectivity index (χ0n) is 16.6. The van der Waals surface area contributed by atoms with Gasteiger partial charge in [0.25, 0.3) is 11.1 Å². The standard InChI is InChI=1S/C23H14ClNO7S/c24-16-3-1-12(2-4-16)11-25-20(26)19(33-23(25)31)10-17-5-6-18(32-17)13-7-14(21(27)28)9-15(8-13)22(29)30/h1-10H,11H2,(H,27,28)(H,29,30)/b19-10-. The van der Waals surface area contributed by atoms with Crippen molar-refractivity contribution in [3.05, 3.63) is 87.0 Å². The van der Waals surface area contributed by atoms with E-state index in [1.54, 1.807) is 24.3 Å². The first kappa shape index (κ1) is 22.4. The number of carbonyl (C=O) groups excluding carboxylic acids is 2. The van der Waals surface area contributed by atoms with Crippen molar-refractivity contribution in [2.75, 3.05) is 0 Å². The molecule has 1 aliphatic heterocycles. The average Bonchev–Trinajstić information content (AvgIpc) is 3.35. The molecule has 2 heterocycles. The van der Waals surface area contributed by atoms with Crippen LogP contribution < -0.4 is 0 Å². The Kier molecular flexibility index (Phi) is 6.08. The number of furan rings is 1. The van der Waals surface area contributed by atoms with Crippen molar-refractivity contribution >= 4 is 52.5 Å². The molecule has 2 amide bonds. The predicted molar refractivity (Wildman–Crippen MR) is 121 cm³/mol. The molecule has 0 bridgehead atoms. The van der Waals surface area contributed by atoms with Crippen LogP contribution in [0.4, 0.5) is 4.79 Å². The molecular formula is C23H14ClNO7S. The fourth-order valence-electron chi connectivity index (χ4n) is 3.14. The lowest BCUT2D eigenvalue weighted by molar-refractivity contribution is -0.123. The second kappa shape index (κ2) is 8.97. The summed E-state index contributed by atoms with van der Waals surface area (Å²) in [5.74, 6) is -2.56. The Labute approximate surface area is 196 Å². The van der Waals surface area contributed by atoms with Gasteiger partial charge in [-0.1, -0.05) is 23.7 Å². The molecule has 33 heavy (non-hydrogen) atoms. The van der Waals surface area contributed by atoms with Crippen molar-refractivity contribution in [3.8, 4) is 11.3 Å². The lowest BCUT2D eigenvalue weighted by Gasteiger charge is -2.12. The Hall–Kier alpha value is -3.82. The van der Waals surface area contributed by atoms with Crippen LogP contribution >= 0.6 is 23.4 Å². The third-order valence-corrected chi connectivity index (χ3v) is 5.90. The van der Waals surface area contributed by atoms with E-state index in [-0.39, 0.29) is 39.7 Å². The number of carbonyl (C=O) groups is 4. The number of benzene rings is 2. The third-order valence-electron chi connectivity index (χ3n) is 4.74. The fourth-order valence-corrected chi connectivity index (χ4v) is 4.08. The van der Waals surface area contributed by atoms with Crippen LogP contribution in [0, 0.1) is 0 Å². The van der Waals surface area contributed by atoms with E-state index in [0.29, 0.717) is 5.02 Å². The van der Waals surface area contributed by atoms with E-state index in [1.807, 2.05) is 0 Å². The van der Waals surface area contributed by atoms with Crippen LogP contribution in [-0.4, -0.2) is 38.2 Å². The number of hydrogen-bond donors (Lipinski definition) is 2. The van der Waals surface area contributed by atoms with Crippen molar-refractivity contribution in [2.45, 2.75) is 6.54 Å². The third kappa shape index (κ3) is 4.84. The van der Waals surface area contributed by atoms with E-state index in [9.17, 15) is 29.4 Å². The molecule has 1 saturated heterocycles. The van der Waals surface area contributed by atoms with Crippen molar-refractivity contribution in [1.29, 1.82) is 0 Å². The normalized spacial score (nSPS) is 14.8. The van der Waals surface area contributed by atoms with E-state index in [0.717, 1.165) is 28.3 Å². The number of rotatable bonds is 6. The molecule has 0 saturated carbocycles. The zero-order valence-corrected chi connectivity index (χ0v) is 18.2. The lowest BCUT2D eigenvalue weighted by atomic mass is 10.0. The van der Waals surface area contributed by atoms with Crippen molar-refractivity contribution < 1.29 is 33.8 Å². The Balaban J connectivity index is 1.58. The molecule has 1 aliphatic rings. The summed E-state index contributed by atoms with van der Waals surface area (Å²) in [6, 6.07) is 13.5. The molecule has 0 atom stereocenters. The zero-order chi connectivity index (χ0) is 23.7. The molecule has 1 aromatic heterocycles. The van der Waals surface area contributed by atoms with Crippen LogP contribution in [0.25, 0.3) is 17.4 Å². The van der Waals surface area contributed by atoms with Gasteiger partial charge >= 0.3 is 11.9 Å². The molecule has 10 heteroatoms. The summed E-state index contributed by atoms with van der Waals surface area (Å²) >= 11 is 6.64. The summed E-state index contributed by atoms with van der Waals surface area (Å²) in [6.45, 7) is 0.0997. The Bertz CT molecular complexity index is 1290. The topological polar surface area (TPSA) is 125 Å². The second-order valence-corrected chi connectivity index (χ2v) is 8.44. The summed E-state index contributed by atoms with van der Waals surface area (Å²) in [4.78, 5) is 49.0.